The number of imide groups is 1. The highest BCUT2D eigenvalue weighted by Gasteiger charge is 2.43. The van der Waals surface area contributed by atoms with E-state index in [1.807, 2.05) is 0 Å². The molecule has 0 unspecified atom stereocenters. The Kier molecular flexibility index (Phi) is 6.04. The van der Waals surface area contributed by atoms with Gasteiger partial charge in [0.25, 0.3) is 11.8 Å². The Morgan fingerprint density at radius 2 is 1.62 bits per heavy atom. The standard InChI is InChI=1S/C19H18FNO7P/c20-15-11-12(19(24)29(25,26)27)7-8-16(15)28-10-4-3-9-21-17(22)13-5-1-2-6-14(13)18(21)23/h1-2,5-8,11,25-27H,3-4,9-10H2/q+1. The van der Waals surface area contributed by atoms with Crippen LogP contribution in [0.3, 0.4) is 0 Å². The largest absolute Gasteiger partial charge is 0.491 e. The summed E-state index contributed by atoms with van der Waals surface area (Å²) in [6.45, 7) is 0.311. The van der Waals surface area contributed by atoms with Gasteiger partial charge < -0.3 is 4.74 Å². The molecule has 8 nitrogen and oxygen atoms in total. The van der Waals surface area contributed by atoms with Crippen molar-refractivity contribution in [2.24, 2.45) is 0 Å². The van der Waals surface area contributed by atoms with Crippen LogP contribution in [0.2, 0.25) is 0 Å². The predicted octanol–water partition coefficient (Wildman–Crippen LogP) is 2.16. The third kappa shape index (κ3) is 4.49. The Hall–Kier alpha value is -2.71. The van der Waals surface area contributed by atoms with Crippen LogP contribution in [-0.2, 0) is 0 Å². The average Bonchev–Trinajstić information content (AvgIpc) is 2.92. The zero-order valence-electron chi connectivity index (χ0n) is 15.1. The molecule has 0 aliphatic carbocycles. The molecule has 0 saturated heterocycles. The second-order valence-corrected chi connectivity index (χ2v) is 7.92. The monoisotopic (exact) mass is 422 g/mol. The molecule has 0 saturated carbocycles. The summed E-state index contributed by atoms with van der Waals surface area (Å²) in [6, 6.07) is 9.59. The van der Waals surface area contributed by atoms with Gasteiger partial charge in [0.2, 0.25) is 0 Å². The van der Waals surface area contributed by atoms with Crippen molar-refractivity contribution in [3.63, 3.8) is 0 Å². The Morgan fingerprint density at radius 1 is 1.00 bits per heavy atom. The van der Waals surface area contributed by atoms with Crippen molar-refractivity contribution in [2.45, 2.75) is 12.8 Å². The first-order valence-corrected chi connectivity index (χ1v) is 10.3. The minimum absolute atomic E-state index is 0.102. The molecule has 0 aromatic heterocycles. The van der Waals surface area contributed by atoms with E-state index in [0.717, 1.165) is 18.2 Å². The molecule has 152 valence electrons. The van der Waals surface area contributed by atoms with Gasteiger partial charge in [0.05, 0.1) is 23.3 Å². The van der Waals surface area contributed by atoms with E-state index in [2.05, 4.69) is 0 Å². The molecule has 29 heavy (non-hydrogen) atoms. The Labute approximate surface area is 165 Å². The van der Waals surface area contributed by atoms with Crippen molar-refractivity contribution in [1.29, 1.82) is 0 Å². The first-order chi connectivity index (χ1) is 13.7. The maximum absolute atomic E-state index is 14.0. The number of ether oxygens (including phenoxy) is 1. The lowest BCUT2D eigenvalue weighted by Crippen LogP contribution is -2.30. The van der Waals surface area contributed by atoms with Crippen LogP contribution in [0.5, 0.6) is 5.75 Å². The van der Waals surface area contributed by atoms with Crippen molar-refractivity contribution >= 4 is 25.3 Å². The first kappa shape index (κ1) is 21.0. The maximum atomic E-state index is 14.0. The number of hydrogen-bond donors (Lipinski definition) is 3. The van der Waals surface area contributed by atoms with Crippen molar-refractivity contribution in [2.75, 3.05) is 13.2 Å². The number of carbonyl (C=O) groups is 3. The molecule has 10 heteroatoms. The van der Waals surface area contributed by atoms with E-state index < -0.39 is 19.3 Å². The number of amides is 2. The first-order valence-electron chi connectivity index (χ1n) is 8.70. The number of carbonyl (C=O) groups excluding carboxylic acids is 3. The Balaban J connectivity index is 1.49. The van der Waals surface area contributed by atoms with Crippen LogP contribution in [-0.4, -0.2) is 50.1 Å². The normalized spacial score (nSPS) is 13.6. The van der Waals surface area contributed by atoms with Crippen molar-refractivity contribution in [1.82, 2.24) is 4.90 Å². The van der Waals surface area contributed by atoms with Gasteiger partial charge in [0.1, 0.15) is 0 Å². The number of fused-ring (bicyclic) bond motifs is 1. The highest BCUT2D eigenvalue weighted by molar-refractivity contribution is 7.76. The van der Waals surface area contributed by atoms with E-state index >= 15 is 0 Å². The molecule has 0 atom stereocenters. The SMILES string of the molecule is O=C1c2ccccc2C(=O)N1CCCCOc1ccc(C(=O)[P+](O)(O)O)cc1F. The molecule has 1 heterocycles. The fraction of sp³-hybridized carbons (Fsp3) is 0.211. The van der Waals surface area contributed by atoms with Gasteiger partial charge in [-0.15, -0.1) is 0 Å². The van der Waals surface area contributed by atoms with Crippen molar-refractivity contribution < 1.29 is 38.2 Å². The molecule has 3 N–H and O–H groups in total. The van der Waals surface area contributed by atoms with E-state index in [1.54, 1.807) is 24.3 Å². The topological polar surface area (TPSA) is 124 Å². The van der Waals surface area contributed by atoms with E-state index in [9.17, 15) is 18.8 Å². The van der Waals surface area contributed by atoms with E-state index in [0.29, 0.717) is 24.0 Å². The van der Waals surface area contributed by atoms with Crippen molar-refractivity contribution in [3.05, 3.63) is 65.0 Å². The third-order valence-corrected chi connectivity index (χ3v) is 5.17. The zero-order valence-corrected chi connectivity index (χ0v) is 16.0. The summed E-state index contributed by atoms with van der Waals surface area (Å²) in [6.07, 6.45) is 0.891. The smallest absolute Gasteiger partial charge is 0.483 e. The fourth-order valence-corrected chi connectivity index (χ4v) is 3.41. The summed E-state index contributed by atoms with van der Waals surface area (Å²) in [7, 11) is -4.74. The Bertz CT molecular complexity index is 938. The highest BCUT2D eigenvalue weighted by atomic mass is 31.2. The number of benzene rings is 2. The molecule has 2 aromatic rings. The minimum atomic E-state index is -4.74. The second-order valence-electron chi connectivity index (χ2n) is 6.38. The molecule has 1 aliphatic rings. The van der Waals surface area contributed by atoms with E-state index in [1.165, 1.54) is 4.90 Å². The van der Waals surface area contributed by atoms with Gasteiger partial charge in [-0.25, -0.2) is 9.18 Å². The number of unbranched alkanes of at least 4 members (excludes halogenated alkanes) is 1. The Morgan fingerprint density at radius 3 is 2.17 bits per heavy atom. The summed E-state index contributed by atoms with van der Waals surface area (Å²) >= 11 is 0. The van der Waals surface area contributed by atoms with Crippen LogP contribution in [0.25, 0.3) is 0 Å². The molecular formula is C19H18FNO7P+. The van der Waals surface area contributed by atoms with Crippen LogP contribution in [0, 0.1) is 5.82 Å². The van der Waals surface area contributed by atoms with Crippen LogP contribution in [0.1, 0.15) is 43.9 Å². The van der Waals surface area contributed by atoms with Crippen molar-refractivity contribution in [3.8, 4) is 5.75 Å². The lowest BCUT2D eigenvalue weighted by atomic mass is 10.1. The van der Waals surface area contributed by atoms with E-state index in [4.69, 9.17) is 19.4 Å². The van der Waals surface area contributed by atoms with Gasteiger partial charge in [-0.05, 0) is 43.2 Å². The molecule has 2 amide bonds. The van der Waals surface area contributed by atoms with E-state index in [-0.39, 0.29) is 36.3 Å². The van der Waals surface area contributed by atoms with Gasteiger partial charge in [0.15, 0.2) is 11.6 Å². The summed E-state index contributed by atoms with van der Waals surface area (Å²) in [5, 5.41) is 0. The van der Waals surface area contributed by atoms with Crippen LogP contribution in [0.15, 0.2) is 42.5 Å². The molecule has 0 spiro atoms. The van der Waals surface area contributed by atoms with Gasteiger partial charge in [-0.2, -0.15) is 14.7 Å². The number of rotatable bonds is 8. The van der Waals surface area contributed by atoms with Gasteiger partial charge in [-0.1, -0.05) is 12.1 Å². The lowest BCUT2D eigenvalue weighted by molar-refractivity contribution is 0.0649. The van der Waals surface area contributed by atoms with Gasteiger partial charge in [0, 0.05) is 6.54 Å². The van der Waals surface area contributed by atoms with Crippen LogP contribution in [0.4, 0.5) is 4.39 Å². The molecule has 3 rings (SSSR count). The van der Waals surface area contributed by atoms with Crippen LogP contribution >= 0.6 is 7.94 Å². The average molecular weight is 422 g/mol. The highest BCUT2D eigenvalue weighted by Crippen LogP contribution is 2.48. The summed E-state index contributed by atoms with van der Waals surface area (Å²) < 4.78 is 19.3. The minimum Gasteiger partial charge on any atom is -0.491 e. The van der Waals surface area contributed by atoms with Crippen LogP contribution < -0.4 is 4.74 Å². The summed E-state index contributed by atoms with van der Waals surface area (Å²) in [5.74, 6) is -1.73. The second kappa shape index (κ2) is 8.34. The maximum Gasteiger partial charge on any atom is 0.483 e. The molecular weight excluding hydrogens is 404 g/mol. The zero-order chi connectivity index (χ0) is 21.2. The quantitative estimate of drug-likeness (QED) is 0.338. The molecule has 0 radical (unpaired) electrons. The summed E-state index contributed by atoms with van der Waals surface area (Å²) in [5.41, 5.74) is -0.985. The molecule has 2 aromatic carbocycles. The number of hydrogen-bond acceptors (Lipinski definition) is 7. The predicted molar refractivity (Wildman–Crippen MR) is 101 cm³/mol. The molecule has 0 fully saturated rings. The molecule has 0 bridgehead atoms. The summed E-state index contributed by atoms with van der Waals surface area (Å²) in [4.78, 5) is 64.0. The molecule has 1 aliphatic heterocycles. The third-order valence-electron chi connectivity index (χ3n) is 4.36. The number of nitrogens with zero attached hydrogens (tertiary/aromatic N) is 1. The fourth-order valence-electron chi connectivity index (χ4n) is 2.92. The lowest BCUT2D eigenvalue weighted by Gasteiger charge is -2.14. The van der Waals surface area contributed by atoms with Gasteiger partial charge >= 0.3 is 13.5 Å². The van der Waals surface area contributed by atoms with Gasteiger partial charge in [-0.3, -0.25) is 14.5 Å². The number of halogens is 1.